The fourth-order valence-corrected chi connectivity index (χ4v) is 4.48. The Bertz CT molecular complexity index is 1080. The summed E-state index contributed by atoms with van der Waals surface area (Å²) in [5, 5.41) is 6.54. The molecule has 9 heteroatoms. The normalized spacial score (nSPS) is 15.0. The Labute approximate surface area is 162 Å². The number of nitrogens with one attached hydrogen (secondary N) is 1. The van der Waals surface area contributed by atoms with E-state index in [1.807, 2.05) is 12.1 Å². The van der Waals surface area contributed by atoms with Crippen molar-refractivity contribution < 1.29 is 13.2 Å². The zero-order valence-electron chi connectivity index (χ0n) is 14.4. The van der Waals surface area contributed by atoms with E-state index in [-0.39, 0.29) is 9.79 Å². The molecule has 0 amide bonds. The molecule has 140 valence electrons. The number of ether oxygens (including phenoxy) is 1. The van der Waals surface area contributed by atoms with Crippen molar-refractivity contribution in [1.82, 2.24) is 14.8 Å². The Morgan fingerprint density at radius 1 is 0.926 bits per heavy atom. The van der Waals surface area contributed by atoms with Crippen LogP contribution >= 0.6 is 12.2 Å². The Hall–Kier alpha value is -2.49. The van der Waals surface area contributed by atoms with Gasteiger partial charge >= 0.3 is 0 Å². The number of rotatable bonds is 4. The van der Waals surface area contributed by atoms with Crippen molar-refractivity contribution >= 4 is 27.7 Å². The fourth-order valence-electron chi connectivity index (χ4n) is 3.01. The molecule has 1 aromatic heterocycles. The number of nitrogens with zero attached hydrogens (tertiary/aromatic N) is 3. The molecule has 1 saturated heterocycles. The van der Waals surface area contributed by atoms with Crippen LogP contribution in [0.5, 0.6) is 0 Å². The number of hydrogen-bond donors (Lipinski definition) is 1. The lowest BCUT2D eigenvalue weighted by atomic mass is 10.2. The summed E-state index contributed by atoms with van der Waals surface area (Å²) in [5.41, 5.74) is 1.75. The number of hydrogen-bond acceptors (Lipinski definition) is 6. The quantitative estimate of drug-likeness (QED) is 0.676. The maximum atomic E-state index is 12.9. The second-order valence-electron chi connectivity index (χ2n) is 6.12. The van der Waals surface area contributed by atoms with Gasteiger partial charge in [0, 0.05) is 24.5 Å². The van der Waals surface area contributed by atoms with Gasteiger partial charge in [0.25, 0.3) is 0 Å². The summed E-state index contributed by atoms with van der Waals surface area (Å²) in [4.78, 5) is 2.69. The van der Waals surface area contributed by atoms with Crippen molar-refractivity contribution in [1.29, 1.82) is 0 Å². The van der Waals surface area contributed by atoms with Crippen LogP contribution in [0.1, 0.15) is 0 Å². The summed E-state index contributed by atoms with van der Waals surface area (Å²) < 4.78 is 33.3. The van der Waals surface area contributed by atoms with E-state index < -0.39 is 9.84 Å². The van der Waals surface area contributed by atoms with E-state index in [0.717, 1.165) is 24.5 Å². The number of sulfone groups is 1. The number of aromatic amines is 1. The molecular weight excluding hydrogens is 384 g/mol. The predicted octanol–water partition coefficient (Wildman–Crippen LogP) is 2.60. The van der Waals surface area contributed by atoms with Crippen LogP contribution in [0.2, 0.25) is 0 Å². The third kappa shape index (κ3) is 3.53. The van der Waals surface area contributed by atoms with Crippen molar-refractivity contribution in [2.75, 3.05) is 31.2 Å². The van der Waals surface area contributed by atoms with Crippen LogP contribution in [0.25, 0.3) is 5.69 Å². The molecule has 0 aliphatic carbocycles. The van der Waals surface area contributed by atoms with E-state index in [2.05, 4.69) is 15.1 Å². The van der Waals surface area contributed by atoms with Crippen LogP contribution in [0.3, 0.4) is 0 Å². The van der Waals surface area contributed by atoms with Gasteiger partial charge in [0.2, 0.25) is 9.84 Å². The topological polar surface area (TPSA) is 80.2 Å². The summed E-state index contributed by atoms with van der Waals surface area (Å²) in [6, 6.07) is 13.6. The first-order valence-corrected chi connectivity index (χ1v) is 10.4. The van der Waals surface area contributed by atoms with Gasteiger partial charge in [-0.15, -0.1) is 0 Å². The highest BCUT2D eigenvalue weighted by molar-refractivity contribution is 7.91. The van der Waals surface area contributed by atoms with Crippen LogP contribution in [-0.4, -0.2) is 49.5 Å². The summed E-state index contributed by atoms with van der Waals surface area (Å²) in [5.74, 6) is 0. The average Bonchev–Trinajstić information content (AvgIpc) is 3.15. The van der Waals surface area contributed by atoms with E-state index in [1.165, 1.54) is 0 Å². The smallest absolute Gasteiger partial charge is 0.206 e. The molecule has 3 aromatic rings. The van der Waals surface area contributed by atoms with Crippen LogP contribution in [0, 0.1) is 4.77 Å². The third-order valence-electron chi connectivity index (χ3n) is 4.50. The first-order valence-electron chi connectivity index (χ1n) is 8.46. The van der Waals surface area contributed by atoms with Gasteiger partial charge in [-0.2, -0.15) is 5.10 Å². The molecule has 0 radical (unpaired) electrons. The fraction of sp³-hybridized carbons (Fsp3) is 0.222. The average molecular weight is 403 g/mol. The van der Waals surface area contributed by atoms with E-state index in [4.69, 9.17) is 17.0 Å². The third-order valence-corrected chi connectivity index (χ3v) is 6.57. The summed E-state index contributed by atoms with van der Waals surface area (Å²) >= 11 is 5.13. The first-order chi connectivity index (χ1) is 13.1. The maximum absolute atomic E-state index is 12.9. The molecule has 27 heavy (non-hydrogen) atoms. The van der Waals surface area contributed by atoms with Gasteiger partial charge in [0.1, 0.15) is 6.33 Å². The number of benzene rings is 2. The SMILES string of the molecule is O=S(=O)(c1ccc(N2CCOCC2)cc1)c1ccc(-n2cn[nH]c2=S)cc1. The molecule has 0 saturated carbocycles. The minimum Gasteiger partial charge on any atom is -0.378 e. The molecular formula is C18H18N4O3S2. The Morgan fingerprint density at radius 2 is 1.48 bits per heavy atom. The molecule has 0 spiro atoms. The van der Waals surface area contributed by atoms with Crippen molar-refractivity contribution in [3.63, 3.8) is 0 Å². The maximum Gasteiger partial charge on any atom is 0.206 e. The van der Waals surface area contributed by atoms with Gasteiger partial charge in [-0.25, -0.2) is 8.42 Å². The number of aromatic nitrogens is 3. The predicted molar refractivity (Wildman–Crippen MR) is 104 cm³/mol. The van der Waals surface area contributed by atoms with Gasteiger partial charge < -0.3 is 9.64 Å². The molecule has 4 rings (SSSR count). The highest BCUT2D eigenvalue weighted by Gasteiger charge is 2.19. The van der Waals surface area contributed by atoms with Gasteiger partial charge in [0.05, 0.1) is 23.0 Å². The van der Waals surface area contributed by atoms with E-state index in [0.29, 0.717) is 18.0 Å². The van der Waals surface area contributed by atoms with Crippen LogP contribution in [0.15, 0.2) is 64.6 Å². The largest absolute Gasteiger partial charge is 0.378 e. The summed E-state index contributed by atoms with van der Waals surface area (Å²) in [6.07, 6.45) is 1.55. The van der Waals surface area contributed by atoms with E-state index in [9.17, 15) is 8.42 Å². The molecule has 2 aromatic carbocycles. The van der Waals surface area contributed by atoms with Crippen LogP contribution in [0.4, 0.5) is 5.69 Å². The zero-order valence-corrected chi connectivity index (χ0v) is 16.0. The Kier molecular flexibility index (Phi) is 4.81. The Balaban J connectivity index is 1.59. The van der Waals surface area contributed by atoms with Crippen LogP contribution in [-0.2, 0) is 14.6 Å². The molecule has 1 fully saturated rings. The number of anilines is 1. The lowest BCUT2D eigenvalue weighted by Crippen LogP contribution is -2.36. The second-order valence-corrected chi connectivity index (χ2v) is 8.46. The van der Waals surface area contributed by atoms with Crippen molar-refractivity contribution in [2.24, 2.45) is 0 Å². The molecule has 1 N–H and O–H groups in total. The lowest BCUT2D eigenvalue weighted by Gasteiger charge is -2.28. The monoisotopic (exact) mass is 402 g/mol. The van der Waals surface area contributed by atoms with Crippen molar-refractivity contribution in [3.05, 3.63) is 59.6 Å². The molecule has 1 aliphatic rings. The molecule has 0 unspecified atom stereocenters. The van der Waals surface area contributed by atoms with Gasteiger partial charge in [-0.3, -0.25) is 9.67 Å². The zero-order chi connectivity index (χ0) is 18.9. The molecule has 1 aliphatic heterocycles. The van der Waals surface area contributed by atoms with Crippen molar-refractivity contribution in [3.8, 4) is 5.69 Å². The number of morpholine rings is 1. The van der Waals surface area contributed by atoms with Gasteiger partial charge in [-0.1, -0.05) is 0 Å². The van der Waals surface area contributed by atoms with Gasteiger partial charge in [-0.05, 0) is 60.7 Å². The highest BCUT2D eigenvalue weighted by Crippen LogP contribution is 2.25. The summed E-state index contributed by atoms with van der Waals surface area (Å²) in [7, 11) is -3.58. The second kappa shape index (κ2) is 7.26. The lowest BCUT2D eigenvalue weighted by molar-refractivity contribution is 0.122. The summed E-state index contributed by atoms with van der Waals surface area (Å²) in [6.45, 7) is 2.99. The Morgan fingerprint density at radius 3 is 2.00 bits per heavy atom. The van der Waals surface area contributed by atoms with Gasteiger partial charge in [0.15, 0.2) is 4.77 Å². The molecule has 7 nitrogen and oxygen atoms in total. The first kappa shape index (κ1) is 17.9. The molecule has 0 atom stereocenters. The minimum atomic E-state index is -3.58. The molecule has 0 bridgehead atoms. The van der Waals surface area contributed by atoms with Crippen molar-refractivity contribution in [2.45, 2.75) is 9.79 Å². The van der Waals surface area contributed by atoms with Crippen LogP contribution < -0.4 is 4.90 Å². The highest BCUT2D eigenvalue weighted by atomic mass is 32.2. The standard InChI is InChI=1S/C18H18N4O3S2/c23-27(24,16-5-1-14(2-6-16)21-9-11-25-12-10-21)17-7-3-15(4-8-17)22-13-19-20-18(22)26/h1-8,13H,9-12H2,(H,20,26). The van der Waals surface area contributed by atoms with E-state index in [1.54, 1.807) is 47.3 Å². The molecule has 2 heterocycles. The number of H-pyrrole nitrogens is 1. The minimum absolute atomic E-state index is 0.236. The van der Waals surface area contributed by atoms with E-state index >= 15 is 0 Å².